The van der Waals surface area contributed by atoms with Crippen molar-refractivity contribution in [3.63, 3.8) is 0 Å². The van der Waals surface area contributed by atoms with Crippen molar-refractivity contribution in [3.05, 3.63) is 53.6 Å². The van der Waals surface area contributed by atoms with Crippen LogP contribution in [0, 0.1) is 0 Å². The Morgan fingerprint density at radius 2 is 1.63 bits per heavy atom. The van der Waals surface area contributed by atoms with Crippen molar-refractivity contribution in [2.24, 2.45) is 0 Å². The van der Waals surface area contributed by atoms with Crippen molar-refractivity contribution in [2.75, 3.05) is 47.6 Å². The number of likely N-dealkylation sites (tertiary alicyclic amines) is 1. The van der Waals surface area contributed by atoms with Gasteiger partial charge < -0.3 is 29.2 Å². The monoisotopic (exact) mass is 525 g/mol. The fraction of sp³-hybridized carbons (Fsp3) is 0.464. The van der Waals surface area contributed by atoms with Gasteiger partial charge in [0.2, 0.25) is 5.91 Å². The SMILES string of the molecule is CCCNC(=O)[C@H]1COC2(CCN(C(=O)c3c(OC)cccc3OC)CC2)N1C(=O)c1cccc(OC)c1. The molecule has 1 spiro atoms. The molecule has 2 aliphatic heterocycles. The lowest BCUT2D eigenvalue weighted by molar-refractivity contribution is -0.128. The summed E-state index contributed by atoms with van der Waals surface area (Å²) in [6.45, 7) is 3.21. The third-order valence-corrected chi connectivity index (χ3v) is 7.12. The van der Waals surface area contributed by atoms with E-state index in [0.29, 0.717) is 60.9 Å². The number of carbonyl (C=O) groups is 3. The predicted molar refractivity (Wildman–Crippen MR) is 140 cm³/mol. The Kier molecular flexibility index (Phi) is 8.41. The second-order valence-electron chi connectivity index (χ2n) is 9.30. The highest BCUT2D eigenvalue weighted by molar-refractivity contribution is 6.00. The summed E-state index contributed by atoms with van der Waals surface area (Å²) in [7, 11) is 4.55. The van der Waals surface area contributed by atoms with Gasteiger partial charge in [-0.05, 0) is 36.8 Å². The zero-order chi connectivity index (χ0) is 27.3. The van der Waals surface area contributed by atoms with Crippen LogP contribution in [0.1, 0.15) is 46.9 Å². The molecule has 0 radical (unpaired) electrons. The van der Waals surface area contributed by atoms with E-state index in [9.17, 15) is 14.4 Å². The highest BCUT2D eigenvalue weighted by Crippen LogP contribution is 2.40. The number of nitrogens with zero attached hydrogens (tertiary/aromatic N) is 2. The molecule has 4 rings (SSSR count). The smallest absolute Gasteiger partial charge is 0.261 e. The first-order valence-corrected chi connectivity index (χ1v) is 12.8. The predicted octanol–water partition coefficient (Wildman–Crippen LogP) is 2.71. The standard InChI is InChI=1S/C28H35N3O7/c1-5-14-29-25(32)21-18-38-28(31(21)26(33)19-8-6-9-20(17-19)35-2)12-15-30(16-13-28)27(34)24-22(36-3)10-7-11-23(24)37-4/h6-11,17,21H,5,12-16,18H2,1-4H3,(H,29,32)/t21-/m1/s1. The third-order valence-electron chi connectivity index (χ3n) is 7.12. The summed E-state index contributed by atoms with van der Waals surface area (Å²) in [6.07, 6.45) is 1.48. The molecule has 10 nitrogen and oxygen atoms in total. The number of hydrogen-bond donors (Lipinski definition) is 1. The Morgan fingerprint density at radius 3 is 2.24 bits per heavy atom. The summed E-state index contributed by atoms with van der Waals surface area (Å²) in [4.78, 5) is 43.8. The highest BCUT2D eigenvalue weighted by atomic mass is 16.5. The third kappa shape index (κ3) is 5.13. The van der Waals surface area contributed by atoms with Gasteiger partial charge in [0.25, 0.3) is 11.8 Å². The van der Waals surface area contributed by atoms with Crippen LogP contribution in [0.4, 0.5) is 0 Å². The summed E-state index contributed by atoms with van der Waals surface area (Å²) in [5.41, 5.74) is -0.266. The van der Waals surface area contributed by atoms with E-state index in [1.165, 1.54) is 21.3 Å². The molecule has 2 fully saturated rings. The molecule has 1 atom stereocenters. The lowest BCUT2D eigenvalue weighted by Crippen LogP contribution is -2.59. The molecule has 2 saturated heterocycles. The number of piperidine rings is 1. The van der Waals surface area contributed by atoms with E-state index in [-0.39, 0.29) is 24.3 Å². The number of carbonyl (C=O) groups excluding carboxylic acids is 3. The molecule has 0 aromatic heterocycles. The Morgan fingerprint density at radius 1 is 0.974 bits per heavy atom. The van der Waals surface area contributed by atoms with Crippen LogP contribution in [0.2, 0.25) is 0 Å². The molecule has 2 aromatic rings. The molecule has 10 heteroatoms. The maximum Gasteiger partial charge on any atom is 0.261 e. The Balaban J connectivity index is 1.60. The number of amides is 3. The number of benzene rings is 2. The second-order valence-corrected chi connectivity index (χ2v) is 9.30. The molecule has 2 aliphatic rings. The van der Waals surface area contributed by atoms with Gasteiger partial charge in [-0.3, -0.25) is 19.3 Å². The number of nitrogens with one attached hydrogen (secondary N) is 1. The van der Waals surface area contributed by atoms with E-state index in [4.69, 9.17) is 18.9 Å². The lowest BCUT2D eigenvalue weighted by atomic mass is 9.95. The number of methoxy groups -OCH3 is 3. The zero-order valence-corrected chi connectivity index (χ0v) is 22.3. The van der Waals surface area contributed by atoms with Gasteiger partial charge >= 0.3 is 0 Å². The van der Waals surface area contributed by atoms with Crippen molar-refractivity contribution in [2.45, 2.75) is 38.0 Å². The first kappa shape index (κ1) is 27.3. The first-order valence-electron chi connectivity index (χ1n) is 12.8. The van der Waals surface area contributed by atoms with Crippen molar-refractivity contribution in [1.29, 1.82) is 0 Å². The minimum Gasteiger partial charge on any atom is -0.497 e. The van der Waals surface area contributed by atoms with Crippen molar-refractivity contribution >= 4 is 17.7 Å². The molecular formula is C28H35N3O7. The van der Waals surface area contributed by atoms with Crippen LogP contribution in [0.15, 0.2) is 42.5 Å². The lowest BCUT2D eigenvalue weighted by Gasteiger charge is -2.44. The number of rotatable bonds is 8. The largest absolute Gasteiger partial charge is 0.497 e. The van der Waals surface area contributed by atoms with Gasteiger partial charge in [0.1, 0.15) is 34.6 Å². The Bertz CT molecular complexity index is 1150. The highest BCUT2D eigenvalue weighted by Gasteiger charge is 2.54. The van der Waals surface area contributed by atoms with Crippen LogP contribution >= 0.6 is 0 Å². The molecule has 38 heavy (non-hydrogen) atoms. The summed E-state index contributed by atoms with van der Waals surface area (Å²) < 4.78 is 22.4. The summed E-state index contributed by atoms with van der Waals surface area (Å²) in [6, 6.07) is 11.3. The van der Waals surface area contributed by atoms with E-state index in [0.717, 1.165) is 6.42 Å². The molecule has 3 amide bonds. The second kappa shape index (κ2) is 11.7. The van der Waals surface area contributed by atoms with Gasteiger partial charge in [-0.15, -0.1) is 0 Å². The minimum atomic E-state index is -1.02. The van der Waals surface area contributed by atoms with E-state index < -0.39 is 11.8 Å². The zero-order valence-electron chi connectivity index (χ0n) is 22.3. The average Bonchev–Trinajstić information content (AvgIpc) is 3.33. The molecule has 2 heterocycles. The normalized spacial score (nSPS) is 18.3. The van der Waals surface area contributed by atoms with Gasteiger partial charge in [0.05, 0.1) is 27.9 Å². The molecule has 1 N–H and O–H groups in total. The summed E-state index contributed by atoms with van der Waals surface area (Å²) in [5.74, 6) is 0.600. The fourth-order valence-electron chi connectivity index (χ4n) is 5.11. The fourth-order valence-corrected chi connectivity index (χ4v) is 5.11. The molecule has 0 unspecified atom stereocenters. The topological polar surface area (TPSA) is 107 Å². The van der Waals surface area contributed by atoms with E-state index in [2.05, 4.69) is 5.32 Å². The van der Waals surface area contributed by atoms with Crippen LogP contribution in [0.5, 0.6) is 17.2 Å². The molecule has 0 aliphatic carbocycles. The molecule has 2 aromatic carbocycles. The van der Waals surface area contributed by atoms with Crippen LogP contribution < -0.4 is 19.5 Å². The summed E-state index contributed by atoms with van der Waals surface area (Å²) in [5, 5.41) is 2.90. The van der Waals surface area contributed by atoms with Crippen LogP contribution in [-0.2, 0) is 9.53 Å². The van der Waals surface area contributed by atoms with Gasteiger partial charge in [-0.25, -0.2) is 0 Å². The maximum atomic E-state index is 13.9. The first-order chi connectivity index (χ1) is 18.4. The van der Waals surface area contributed by atoms with Crippen LogP contribution in [0.3, 0.4) is 0 Å². The van der Waals surface area contributed by atoms with Crippen LogP contribution in [0.25, 0.3) is 0 Å². The van der Waals surface area contributed by atoms with Gasteiger partial charge in [-0.2, -0.15) is 0 Å². The average molecular weight is 526 g/mol. The summed E-state index contributed by atoms with van der Waals surface area (Å²) >= 11 is 0. The quantitative estimate of drug-likeness (QED) is 0.565. The Labute approximate surface area is 222 Å². The van der Waals surface area contributed by atoms with Crippen LogP contribution in [-0.4, -0.2) is 86.9 Å². The molecule has 0 bridgehead atoms. The van der Waals surface area contributed by atoms with E-state index in [1.54, 1.807) is 52.3 Å². The Hall–Kier alpha value is -3.79. The van der Waals surface area contributed by atoms with Crippen molar-refractivity contribution in [3.8, 4) is 17.2 Å². The van der Waals surface area contributed by atoms with Crippen molar-refractivity contribution < 1.29 is 33.3 Å². The van der Waals surface area contributed by atoms with Gasteiger partial charge in [0, 0.05) is 38.0 Å². The van der Waals surface area contributed by atoms with E-state index >= 15 is 0 Å². The molecule has 0 saturated carbocycles. The molecular weight excluding hydrogens is 490 g/mol. The van der Waals surface area contributed by atoms with Crippen molar-refractivity contribution in [1.82, 2.24) is 15.1 Å². The number of hydrogen-bond acceptors (Lipinski definition) is 7. The number of ether oxygens (including phenoxy) is 4. The minimum absolute atomic E-state index is 0.0829. The maximum absolute atomic E-state index is 13.9. The molecule has 204 valence electrons. The van der Waals surface area contributed by atoms with E-state index in [1.807, 2.05) is 6.92 Å². The van der Waals surface area contributed by atoms with Gasteiger partial charge in [0.15, 0.2) is 0 Å². The van der Waals surface area contributed by atoms with Gasteiger partial charge in [-0.1, -0.05) is 19.1 Å².